The van der Waals surface area contributed by atoms with E-state index in [9.17, 15) is 19.4 Å². The number of nitrogens with one attached hydrogen (secondary N) is 1. The van der Waals surface area contributed by atoms with Crippen molar-refractivity contribution in [1.29, 1.82) is 0 Å². The van der Waals surface area contributed by atoms with Crippen LogP contribution in [0.3, 0.4) is 0 Å². The van der Waals surface area contributed by atoms with E-state index in [1.165, 1.54) is 0 Å². The number of aliphatic hydroxyl groups is 1. The van der Waals surface area contributed by atoms with Crippen LogP contribution in [0.5, 0.6) is 0 Å². The molecule has 0 rings (SSSR count). The number of hydrogen-bond acceptors (Lipinski definition) is 6. The fourth-order valence-electron chi connectivity index (χ4n) is 4.41. The van der Waals surface area contributed by atoms with Crippen molar-refractivity contribution < 1.29 is 32.9 Å². The van der Waals surface area contributed by atoms with Crippen molar-refractivity contribution in [1.82, 2.24) is 5.32 Å². The van der Waals surface area contributed by atoms with Gasteiger partial charge < -0.3 is 28.8 Å². The van der Waals surface area contributed by atoms with Gasteiger partial charge in [0.2, 0.25) is 5.91 Å². The van der Waals surface area contributed by atoms with Crippen molar-refractivity contribution in [3.05, 3.63) is 109 Å². The second-order valence-corrected chi connectivity index (χ2v) is 15.0. The van der Waals surface area contributed by atoms with Gasteiger partial charge in [-0.15, -0.1) is 0 Å². The molecule has 0 saturated carbocycles. The molecule has 2 N–H and O–H groups in total. The predicted octanol–water partition coefficient (Wildman–Crippen LogP) is 9.55. The second-order valence-electron chi connectivity index (χ2n) is 13.5. The average Bonchev–Trinajstić information content (AvgIpc) is 3.09. The summed E-state index contributed by atoms with van der Waals surface area (Å²) in [5.41, 5.74) is 0. The monoisotopic (exact) mass is 743 g/mol. The van der Waals surface area contributed by atoms with Gasteiger partial charge in [0.05, 0.1) is 39.9 Å². The first-order valence-corrected chi connectivity index (χ1v) is 20.7. The number of aliphatic hydroxyl groups excluding tert-OH is 1. The molecule has 0 spiro atoms. The maximum absolute atomic E-state index is 12.6. The number of amides is 1. The predicted molar refractivity (Wildman–Crippen MR) is 219 cm³/mol. The van der Waals surface area contributed by atoms with E-state index >= 15 is 0 Å². The molecule has 9 heteroatoms. The van der Waals surface area contributed by atoms with E-state index in [1.807, 2.05) is 34.1 Å². The average molecular weight is 743 g/mol. The van der Waals surface area contributed by atoms with E-state index in [1.54, 1.807) is 6.08 Å². The van der Waals surface area contributed by atoms with Crippen molar-refractivity contribution >= 4 is 13.7 Å². The van der Waals surface area contributed by atoms with Crippen molar-refractivity contribution in [2.24, 2.45) is 0 Å². The highest BCUT2D eigenvalue weighted by atomic mass is 31.2. The number of rotatable bonds is 32. The van der Waals surface area contributed by atoms with E-state index in [2.05, 4.69) is 109 Å². The van der Waals surface area contributed by atoms with E-state index in [0.717, 1.165) is 77.0 Å². The summed E-state index contributed by atoms with van der Waals surface area (Å²) in [7, 11) is 1.20. The second kappa shape index (κ2) is 34.0. The summed E-state index contributed by atoms with van der Waals surface area (Å²) in [6.45, 7) is 4.22. The highest BCUT2D eigenvalue weighted by molar-refractivity contribution is 7.45. The van der Waals surface area contributed by atoms with Gasteiger partial charge in [0.15, 0.2) is 0 Å². The lowest BCUT2D eigenvalue weighted by atomic mass is 10.1. The SMILES string of the molecule is CC/C=C\C/C=C\C/C=C\C/C=C\C/C=C\C/C=C\C/C=C\C/C=C\CCCCC(=O)NC(COP(=O)([O-])OCC[N+](C)(C)C)C(O)/C=C/CCC. The Labute approximate surface area is 317 Å². The number of carbonyl (C=O) groups is 1. The third-order valence-electron chi connectivity index (χ3n) is 7.47. The lowest BCUT2D eigenvalue weighted by molar-refractivity contribution is -0.870. The van der Waals surface area contributed by atoms with Crippen molar-refractivity contribution in [3.8, 4) is 0 Å². The number of likely N-dealkylation sites (N-methyl/N-ethyl adjacent to an activating group) is 1. The molecular weight excluding hydrogens is 671 g/mol. The first kappa shape index (κ1) is 49.2. The maximum atomic E-state index is 12.6. The minimum atomic E-state index is -4.58. The van der Waals surface area contributed by atoms with Gasteiger partial charge in [-0.2, -0.15) is 0 Å². The molecule has 52 heavy (non-hydrogen) atoms. The molecule has 0 fully saturated rings. The largest absolute Gasteiger partial charge is 0.756 e. The first-order chi connectivity index (χ1) is 25.0. The number of nitrogens with zero attached hydrogens (tertiary/aromatic N) is 1. The zero-order valence-corrected chi connectivity index (χ0v) is 33.8. The molecule has 0 bridgehead atoms. The van der Waals surface area contributed by atoms with Crippen molar-refractivity contribution in [3.63, 3.8) is 0 Å². The minimum absolute atomic E-state index is 0.0185. The zero-order chi connectivity index (χ0) is 38.6. The summed E-state index contributed by atoms with van der Waals surface area (Å²) in [5.74, 6) is -0.260. The van der Waals surface area contributed by atoms with Crippen LogP contribution in [0.2, 0.25) is 0 Å². The highest BCUT2D eigenvalue weighted by Gasteiger charge is 2.23. The number of carbonyl (C=O) groups excluding carboxylic acids is 1. The lowest BCUT2D eigenvalue weighted by Crippen LogP contribution is -2.45. The Morgan fingerprint density at radius 2 is 1.15 bits per heavy atom. The standard InChI is InChI=1S/C43H71N2O6P/c1-6-8-10-11-12-13-14-15-16-17-18-19-20-21-22-23-24-25-26-27-28-29-30-31-32-33-35-37-43(47)44-41(42(46)36-34-9-7-2)40-51-52(48,49)50-39-38-45(3,4)5/h8,10,12-13,15-16,18-19,21-22,24-25,27-28,30-31,34,36,41-42,46H,6-7,9,11,14,17,20,23,26,29,32-33,35,37-40H2,1-5H3,(H-,44,47,48,49)/b10-8-,13-12-,16-15-,19-18-,22-21-,25-24-,28-27-,31-30-,36-34+. The number of phosphoric ester groups is 1. The normalized spacial score (nSPS) is 15.8. The maximum Gasteiger partial charge on any atom is 0.268 e. The van der Waals surface area contributed by atoms with Crippen molar-refractivity contribution in [2.45, 2.75) is 116 Å². The van der Waals surface area contributed by atoms with Crippen LogP contribution < -0.4 is 10.2 Å². The van der Waals surface area contributed by atoms with E-state index in [4.69, 9.17) is 9.05 Å². The van der Waals surface area contributed by atoms with Crippen LogP contribution in [0.1, 0.15) is 104 Å². The molecule has 8 nitrogen and oxygen atoms in total. The molecule has 0 aliphatic carbocycles. The van der Waals surface area contributed by atoms with Crippen LogP contribution in [-0.2, 0) is 18.4 Å². The summed E-state index contributed by atoms with van der Waals surface area (Å²) in [6.07, 6.45) is 49.5. The molecule has 294 valence electrons. The molecule has 0 heterocycles. The molecular formula is C43H71N2O6P. The molecule has 1 amide bonds. The molecule has 3 unspecified atom stereocenters. The highest BCUT2D eigenvalue weighted by Crippen LogP contribution is 2.38. The van der Waals surface area contributed by atoms with E-state index in [-0.39, 0.29) is 18.9 Å². The summed E-state index contributed by atoms with van der Waals surface area (Å²) in [6, 6.07) is -0.913. The summed E-state index contributed by atoms with van der Waals surface area (Å²) >= 11 is 0. The Kier molecular flexibility index (Phi) is 32.1. The number of unbranched alkanes of at least 4 members (excludes halogenated alkanes) is 3. The Hall–Kier alpha value is -2.84. The summed E-state index contributed by atoms with van der Waals surface area (Å²) in [5, 5.41) is 13.3. The van der Waals surface area contributed by atoms with Gasteiger partial charge >= 0.3 is 0 Å². The van der Waals surface area contributed by atoms with Crippen LogP contribution >= 0.6 is 7.82 Å². The third-order valence-corrected chi connectivity index (χ3v) is 8.43. The van der Waals surface area contributed by atoms with Gasteiger partial charge in [0.25, 0.3) is 7.82 Å². The molecule has 3 atom stereocenters. The van der Waals surface area contributed by atoms with Gasteiger partial charge in [-0.25, -0.2) is 0 Å². The molecule has 0 radical (unpaired) electrons. The topological polar surface area (TPSA) is 108 Å². The van der Waals surface area contributed by atoms with Gasteiger partial charge in [-0.05, 0) is 77.0 Å². The van der Waals surface area contributed by atoms with Crippen LogP contribution in [-0.4, -0.2) is 68.5 Å². The minimum Gasteiger partial charge on any atom is -0.756 e. The Morgan fingerprint density at radius 1 is 0.692 bits per heavy atom. The molecule has 0 aliphatic heterocycles. The fourth-order valence-corrected chi connectivity index (χ4v) is 5.13. The number of allylic oxidation sites excluding steroid dienone is 17. The van der Waals surface area contributed by atoms with Gasteiger partial charge in [-0.3, -0.25) is 9.36 Å². The number of hydrogen-bond donors (Lipinski definition) is 2. The van der Waals surface area contributed by atoms with E-state index < -0.39 is 26.6 Å². The third kappa shape index (κ3) is 35.6. The Bertz CT molecular complexity index is 1210. The first-order valence-electron chi connectivity index (χ1n) is 19.2. The van der Waals surface area contributed by atoms with Gasteiger partial charge in [-0.1, -0.05) is 130 Å². The van der Waals surface area contributed by atoms with Crippen LogP contribution in [0, 0.1) is 0 Å². The number of quaternary nitrogens is 1. The van der Waals surface area contributed by atoms with Gasteiger partial charge in [0.1, 0.15) is 13.2 Å². The van der Waals surface area contributed by atoms with Crippen LogP contribution in [0.15, 0.2) is 109 Å². The van der Waals surface area contributed by atoms with Crippen LogP contribution in [0.25, 0.3) is 0 Å². The zero-order valence-electron chi connectivity index (χ0n) is 33.0. The molecule has 0 saturated heterocycles. The van der Waals surface area contributed by atoms with E-state index in [0.29, 0.717) is 17.4 Å². The Balaban J connectivity index is 4.19. The lowest BCUT2D eigenvalue weighted by Gasteiger charge is -2.29. The fraction of sp³-hybridized carbons (Fsp3) is 0.558. The van der Waals surface area contributed by atoms with Crippen molar-refractivity contribution in [2.75, 3.05) is 40.9 Å². The summed E-state index contributed by atoms with van der Waals surface area (Å²) < 4.78 is 22.8. The molecule has 0 aromatic carbocycles. The van der Waals surface area contributed by atoms with Gasteiger partial charge in [0, 0.05) is 6.42 Å². The number of phosphoric acid groups is 1. The molecule has 0 aliphatic rings. The summed E-state index contributed by atoms with van der Waals surface area (Å²) in [4.78, 5) is 24.8. The quantitative estimate of drug-likeness (QED) is 0.0308. The smallest absolute Gasteiger partial charge is 0.268 e. The Morgan fingerprint density at radius 3 is 1.60 bits per heavy atom. The molecule has 0 aromatic heterocycles. The van der Waals surface area contributed by atoms with Crippen LogP contribution in [0.4, 0.5) is 0 Å². The molecule has 0 aromatic rings.